The molecular weight excluding hydrogens is 374 g/mol. The predicted octanol–water partition coefficient (Wildman–Crippen LogP) is 3.68. The van der Waals surface area contributed by atoms with Gasteiger partial charge in [0.1, 0.15) is 5.82 Å². The maximum Gasteiger partial charge on any atom is 0.256 e. The van der Waals surface area contributed by atoms with Gasteiger partial charge in [0.05, 0.1) is 0 Å². The Hall–Kier alpha value is -3.51. The monoisotopic (exact) mass is 399 g/mol. The van der Waals surface area contributed by atoms with Crippen molar-refractivity contribution >= 4 is 34.3 Å². The van der Waals surface area contributed by atoms with Crippen molar-refractivity contribution in [1.82, 2.24) is 15.2 Å². The zero-order chi connectivity index (χ0) is 21.1. The lowest BCUT2D eigenvalue weighted by molar-refractivity contribution is 0.102. The highest BCUT2D eigenvalue weighted by Gasteiger charge is 2.16. The molecule has 0 fully saturated rings. The summed E-state index contributed by atoms with van der Waals surface area (Å²) in [7, 11) is 3.92. The topological polar surface area (TPSA) is 81.1 Å². The molecule has 0 unspecified atom stereocenters. The molecule has 0 aliphatic carbocycles. The molecule has 6 nitrogen and oxygen atoms in total. The summed E-state index contributed by atoms with van der Waals surface area (Å²) in [6.07, 6.45) is 5.81. The van der Waals surface area contributed by atoms with E-state index in [1.165, 1.54) is 17.3 Å². The quantitative estimate of drug-likeness (QED) is 0.572. The zero-order valence-corrected chi connectivity index (χ0v) is 17.2. The van der Waals surface area contributed by atoms with Gasteiger partial charge in [0, 0.05) is 55.3 Å². The van der Waals surface area contributed by atoms with Crippen LogP contribution in [0.1, 0.15) is 27.0 Å². The van der Waals surface area contributed by atoms with Gasteiger partial charge in [-0.15, -0.1) is 0 Å². The van der Waals surface area contributed by atoms with Gasteiger partial charge in [-0.05, 0) is 59.8 Å². The Kier molecular flexibility index (Phi) is 5.59. The average Bonchev–Trinajstić information content (AvgIpc) is 2.76. The van der Waals surface area contributed by atoms with Crippen LogP contribution in [-0.2, 0) is 13.0 Å². The number of anilines is 1. The largest absolute Gasteiger partial charge is 0.393 e. The van der Waals surface area contributed by atoms with E-state index in [9.17, 15) is 4.79 Å². The first-order chi connectivity index (χ1) is 14.6. The normalized spacial score (nSPS) is 14.3. The van der Waals surface area contributed by atoms with Crippen molar-refractivity contribution in [3.63, 3.8) is 0 Å². The molecule has 0 saturated heterocycles. The number of likely N-dealkylation sites (N-methyl/N-ethyl adjacent to an activating group) is 1. The van der Waals surface area contributed by atoms with Gasteiger partial charge in [0.2, 0.25) is 0 Å². The third-order valence-corrected chi connectivity index (χ3v) is 5.42. The lowest BCUT2D eigenvalue weighted by atomic mass is 9.97. The van der Waals surface area contributed by atoms with E-state index in [0.29, 0.717) is 11.4 Å². The van der Waals surface area contributed by atoms with Crippen molar-refractivity contribution in [3.05, 3.63) is 77.1 Å². The summed E-state index contributed by atoms with van der Waals surface area (Å²) in [5.74, 6) is 0.353. The van der Waals surface area contributed by atoms with Crippen LogP contribution in [0.4, 0.5) is 5.82 Å². The fourth-order valence-corrected chi connectivity index (χ4v) is 3.78. The second kappa shape index (κ2) is 8.47. The molecule has 2 aromatic carbocycles. The van der Waals surface area contributed by atoms with Crippen LogP contribution in [0.5, 0.6) is 0 Å². The SMILES string of the molecule is CN/C=C(\C=N)c1ccc2cnc(NC(=O)c3ccc4c(c3)CCN(C)C4)cc2c1. The van der Waals surface area contributed by atoms with Gasteiger partial charge in [-0.1, -0.05) is 18.2 Å². The molecule has 1 aliphatic heterocycles. The minimum atomic E-state index is -0.157. The minimum absolute atomic E-state index is 0.157. The van der Waals surface area contributed by atoms with Crippen molar-refractivity contribution in [2.45, 2.75) is 13.0 Å². The van der Waals surface area contributed by atoms with Gasteiger partial charge in [0.25, 0.3) is 5.91 Å². The third kappa shape index (κ3) is 4.09. The van der Waals surface area contributed by atoms with Gasteiger partial charge in [-0.3, -0.25) is 4.79 Å². The van der Waals surface area contributed by atoms with Crippen LogP contribution in [0.25, 0.3) is 16.3 Å². The number of aromatic nitrogens is 1. The summed E-state index contributed by atoms with van der Waals surface area (Å²) in [5.41, 5.74) is 4.88. The molecule has 30 heavy (non-hydrogen) atoms. The van der Waals surface area contributed by atoms with Gasteiger partial charge < -0.3 is 20.9 Å². The third-order valence-electron chi connectivity index (χ3n) is 5.42. The Balaban J connectivity index is 1.58. The Morgan fingerprint density at radius 1 is 1.10 bits per heavy atom. The highest BCUT2D eigenvalue weighted by molar-refractivity contribution is 6.09. The molecule has 1 amide bonds. The second-order valence-electron chi connectivity index (χ2n) is 7.59. The number of carbonyl (C=O) groups excluding carboxylic acids is 1. The van der Waals surface area contributed by atoms with Crippen molar-refractivity contribution in [2.75, 3.05) is 26.0 Å². The number of pyridine rings is 1. The molecule has 0 atom stereocenters. The molecule has 3 aromatic rings. The number of nitrogens with zero attached hydrogens (tertiary/aromatic N) is 2. The number of carbonyl (C=O) groups is 1. The Morgan fingerprint density at radius 2 is 1.93 bits per heavy atom. The average molecular weight is 399 g/mol. The molecule has 1 aliphatic rings. The zero-order valence-electron chi connectivity index (χ0n) is 17.2. The lowest BCUT2D eigenvalue weighted by Crippen LogP contribution is -2.27. The summed E-state index contributed by atoms with van der Waals surface area (Å²) < 4.78 is 0. The Labute approximate surface area is 176 Å². The number of hydrogen-bond acceptors (Lipinski definition) is 5. The van der Waals surface area contributed by atoms with Crippen molar-refractivity contribution in [1.29, 1.82) is 5.41 Å². The van der Waals surface area contributed by atoms with E-state index in [1.54, 1.807) is 19.4 Å². The first kappa shape index (κ1) is 19.8. The summed E-state index contributed by atoms with van der Waals surface area (Å²) in [5, 5.41) is 15.4. The fraction of sp³-hybridized carbons (Fsp3) is 0.208. The Morgan fingerprint density at radius 3 is 2.73 bits per heavy atom. The summed E-state index contributed by atoms with van der Waals surface area (Å²) >= 11 is 0. The maximum atomic E-state index is 12.8. The first-order valence-corrected chi connectivity index (χ1v) is 9.97. The second-order valence-corrected chi connectivity index (χ2v) is 7.59. The van der Waals surface area contributed by atoms with Gasteiger partial charge in [-0.25, -0.2) is 4.98 Å². The highest BCUT2D eigenvalue weighted by Crippen LogP contribution is 2.23. The van der Waals surface area contributed by atoms with E-state index >= 15 is 0 Å². The van der Waals surface area contributed by atoms with Crippen LogP contribution in [0, 0.1) is 5.41 Å². The van der Waals surface area contributed by atoms with Crippen LogP contribution in [0.3, 0.4) is 0 Å². The van der Waals surface area contributed by atoms with Gasteiger partial charge in [0.15, 0.2) is 0 Å². The number of allylic oxidation sites excluding steroid dienone is 1. The molecule has 1 aromatic heterocycles. The van der Waals surface area contributed by atoms with E-state index in [-0.39, 0.29) is 5.91 Å². The van der Waals surface area contributed by atoms with Crippen LogP contribution >= 0.6 is 0 Å². The highest BCUT2D eigenvalue weighted by atomic mass is 16.1. The fourth-order valence-electron chi connectivity index (χ4n) is 3.78. The van der Waals surface area contributed by atoms with Crippen molar-refractivity contribution < 1.29 is 4.79 Å². The van der Waals surface area contributed by atoms with Crippen molar-refractivity contribution in [3.8, 4) is 0 Å². The van der Waals surface area contributed by atoms with Crippen LogP contribution in [-0.4, -0.2) is 42.6 Å². The molecule has 152 valence electrons. The number of fused-ring (bicyclic) bond motifs is 2. The van der Waals surface area contributed by atoms with E-state index in [1.807, 2.05) is 42.5 Å². The molecule has 2 heterocycles. The molecule has 0 saturated carbocycles. The van der Waals surface area contributed by atoms with Crippen LogP contribution in [0.2, 0.25) is 0 Å². The number of benzene rings is 2. The summed E-state index contributed by atoms with van der Waals surface area (Å²) in [6.45, 7) is 1.93. The number of amides is 1. The summed E-state index contributed by atoms with van der Waals surface area (Å²) in [6, 6.07) is 13.7. The van der Waals surface area contributed by atoms with E-state index < -0.39 is 0 Å². The molecule has 4 rings (SSSR count). The minimum Gasteiger partial charge on any atom is -0.393 e. The van der Waals surface area contributed by atoms with E-state index in [2.05, 4.69) is 27.6 Å². The smallest absolute Gasteiger partial charge is 0.256 e. The molecule has 6 heteroatoms. The predicted molar refractivity (Wildman–Crippen MR) is 122 cm³/mol. The first-order valence-electron chi connectivity index (χ1n) is 9.97. The maximum absolute atomic E-state index is 12.8. The number of hydrogen-bond donors (Lipinski definition) is 3. The standard InChI is InChI=1S/C24H25N5O/c1-26-13-22(12-25)16-3-5-19-14-27-23(11-21(19)10-16)28-24(30)18-4-6-20-15-29(2)8-7-17(20)9-18/h3-6,9-14,25-26H,7-8,15H2,1-2H3,(H,27,28,30)/b22-13+,25-12?. The van der Waals surface area contributed by atoms with Crippen LogP contribution < -0.4 is 10.6 Å². The van der Waals surface area contributed by atoms with Gasteiger partial charge >= 0.3 is 0 Å². The lowest BCUT2D eigenvalue weighted by Gasteiger charge is -2.25. The summed E-state index contributed by atoms with van der Waals surface area (Å²) in [4.78, 5) is 19.5. The Bertz CT molecular complexity index is 1150. The molecule has 0 bridgehead atoms. The number of nitrogens with one attached hydrogen (secondary N) is 3. The molecular formula is C24H25N5O. The molecule has 0 spiro atoms. The number of rotatable bonds is 5. The van der Waals surface area contributed by atoms with E-state index in [4.69, 9.17) is 5.41 Å². The molecule has 0 radical (unpaired) electrons. The van der Waals surface area contributed by atoms with Gasteiger partial charge in [-0.2, -0.15) is 0 Å². The van der Waals surface area contributed by atoms with E-state index in [0.717, 1.165) is 41.4 Å². The van der Waals surface area contributed by atoms with Crippen molar-refractivity contribution in [2.24, 2.45) is 0 Å². The molecule has 3 N–H and O–H groups in total. The van der Waals surface area contributed by atoms with Crippen LogP contribution in [0.15, 0.2) is 54.9 Å².